The van der Waals surface area contributed by atoms with Crippen LogP contribution in [-0.4, -0.2) is 20.5 Å². The Kier molecular flexibility index (Phi) is 2.27. The molecule has 7 nitrogen and oxygen atoms in total. The summed E-state index contributed by atoms with van der Waals surface area (Å²) in [5, 5.41) is 10.4. The Morgan fingerprint density at radius 1 is 1.77 bits per heavy atom. The van der Waals surface area contributed by atoms with Crippen molar-refractivity contribution >= 4 is 11.7 Å². The van der Waals surface area contributed by atoms with E-state index in [0.717, 1.165) is 10.9 Å². The molecule has 0 aliphatic heterocycles. The molecule has 0 fully saturated rings. The monoisotopic (exact) mass is 184 g/mol. The van der Waals surface area contributed by atoms with Crippen LogP contribution in [0.5, 0.6) is 0 Å². The number of amides is 1. The van der Waals surface area contributed by atoms with Gasteiger partial charge in [0.25, 0.3) is 5.91 Å². The van der Waals surface area contributed by atoms with Crippen molar-refractivity contribution in [3.63, 3.8) is 0 Å². The number of aryl methyl sites for hydroxylation is 1. The van der Waals surface area contributed by atoms with Crippen LogP contribution in [0.15, 0.2) is 6.20 Å². The molecule has 1 aromatic rings. The fraction of sp³-hybridized carbons (Fsp3) is 0.333. The first-order chi connectivity index (χ1) is 6.02. The minimum atomic E-state index is -0.615. The van der Waals surface area contributed by atoms with Gasteiger partial charge < -0.3 is 10.1 Å². The molecule has 70 valence electrons. The largest absolute Gasteiger partial charge is 0.366 e. The van der Waals surface area contributed by atoms with Crippen molar-refractivity contribution < 1.29 is 9.72 Å². The Hall–Kier alpha value is -1.92. The second-order valence-electron chi connectivity index (χ2n) is 2.42. The summed E-state index contributed by atoms with van der Waals surface area (Å²) in [6, 6.07) is 0. The standard InChI is InChI=1S/C6H8N4O3/c1-4-7-3-6(10(12)13)9(4)8-5(2)11/h3H,1-2H3,(H,8,11). The molecule has 7 heteroatoms. The van der Waals surface area contributed by atoms with Crippen LogP contribution in [-0.2, 0) is 4.79 Å². The zero-order chi connectivity index (χ0) is 10.0. The molecule has 0 bridgehead atoms. The topological polar surface area (TPSA) is 90.1 Å². The summed E-state index contributed by atoms with van der Waals surface area (Å²) < 4.78 is 1.03. The molecule has 0 unspecified atom stereocenters. The van der Waals surface area contributed by atoms with E-state index in [4.69, 9.17) is 0 Å². The molecule has 0 aromatic carbocycles. The molecule has 0 spiro atoms. The lowest BCUT2D eigenvalue weighted by molar-refractivity contribution is -0.391. The van der Waals surface area contributed by atoms with Gasteiger partial charge >= 0.3 is 5.82 Å². The first kappa shape index (κ1) is 9.17. The molecule has 1 heterocycles. The number of hydrogen-bond acceptors (Lipinski definition) is 4. The molecule has 0 aliphatic carbocycles. The smallest absolute Gasteiger partial charge is 0.358 e. The molecule has 0 atom stereocenters. The number of rotatable bonds is 2. The van der Waals surface area contributed by atoms with E-state index < -0.39 is 4.92 Å². The van der Waals surface area contributed by atoms with Crippen molar-refractivity contribution in [2.75, 3.05) is 5.43 Å². The fourth-order valence-electron chi connectivity index (χ4n) is 0.857. The molecule has 1 N–H and O–H groups in total. The molecular formula is C6H8N4O3. The first-order valence-electron chi connectivity index (χ1n) is 3.48. The minimum Gasteiger partial charge on any atom is -0.358 e. The van der Waals surface area contributed by atoms with Gasteiger partial charge in [-0.05, 0) is 4.92 Å². The summed E-state index contributed by atoms with van der Waals surface area (Å²) in [5.74, 6) is -0.279. The van der Waals surface area contributed by atoms with E-state index >= 15 is 0 Å². The Labute approximate surface area is 73.5 Å². The number of hydrogen-bond donors (Lipinski definition) is 1. The van der Waals surface area contributed by atoms with Gasteiger partial charge in [0.05, 0.1) is 0 Å². The van der Waals surface area contributed by atoms with Gasteiger partial charge in [0.15, 0.2) is 0 Å². The maximum Gasteiger partial charge on any atom is 0.366 e. The van der Waals surface area contributed by atoms with E-state index in [-0.39, 0.29) is 11.7 Å². The number of carbonyl (C=O) groups excluding carboxylic acids is 1. The van der Waals surface area contributed by atoms with E-state index in [1.54, 1.807) is 6.92 Å². The van der Waals surface area contributed by atoms with E-state index in [9.17, 15) is 14.9 Å². The molecule has 0 saturated heterocycles. The van der Waals surface area contributed by atoms with E-state index in [0.29, 0.717) is 5.82 Å². The van der Waals surface area contributed by atoms with Gasteiger partial charge in [-0.25, -0.2) is 4.98 Å². The van der Waals surface area contributed by atoms with Gasteiger partial charge in [0.2, 0.25) is 5.82 Å². The van der Waals surface area contributed by atoms with Gasteiger partial charge in [0.1, 0.15) is 6.20 Å². The van der Waals surface area contributed by atoms with Crippen LogP contribution in [0.25, 0.3) is 0 Å². The van der Waals surface area contributed by atoms with Gasteiger partial charge in [-0.3, -0.25) is 4.79 Å². The number of nitrogens with one attached hydrogen (secondary N) is 1. The van der Waals surface area contributed by atoms with E-state index in [2.05, 4.69) is 10.4 Å². The second kappa shape index (κ2) is 3.21. The molecule has 1 amide bonds. The normalized spacial score (nSPS) is 9.69. The SMILES string of the molecule is CC(=O)Nn1c([N+](=O)[O-])cnc1C. The zero-order valence-corrected chi connectivity index (χ0v) is 7.14. The summed E-state index contributed by atoms with van der Waals surface area (Å²) >= 11 is 0. The number of carbonyl (C=O) groups is 1. The van der Waals surface area contributed by atoms with Crippen LogP contribution < -0.4 is 5.43 Å². The first-order valence-corrected chi connectivity index (χ1v) is 3.48. The van der Waals surface area contributed by atoms with Crippen molar-refractivity contribution in [2.45, 2.75) is 13.8 Å². The third-order valence-corrected chi connectivity index (χ3v) is 1.38. The molecule has 0 aliphatic rings. The van der Waals surface area contributed by atoms with Crippen molar-refractivity contribution in [3.05, 3.63) is 22.1 Å². The number of nitro groups is 1. The Bertz CT molecular complexity index is 357. The fourth-order valence-corrected chi connectivity index (χ4v) is 0.857. The van der Waals surface area contributed by atoms with E-state index in [1.807, 2.05) is 0 Å². The Balaban J connectivity index is 3.08. The molecule has 1 rings (SSSR count). The third-order valence-electron chi connectivity index (χ3n) is 1.38. The summed E-state index contributed by atoms with van der Waals surface area (Å²) in [4.78, 5) is 24.1. The summed E-state index contributed by atoms with van der Waals surface area (Å²) in [7, 11) is 0. The lowest BCUT2D eigenvalue weighted by Gasteiger charge is -2.00. The zero-order valence-electron chi connectivity index (χ0n) is 7.14. The van der Waals surface area contributed by atoms with Crippen LogP contribution in [0.1, 0.15) is 12.7 Å². The van der Waals surface area contributed by atoms with Gasteiger partial charge in [0, 0.05) is 13.8 Å². The highest BCUT2D eigenvalue weighted by Gasteiger charge is 2.18. The lowest BCUT2D eigenvalue weighted by atomic mass is 10.7. The summed E-state index contributed by atoms with van der Waals surface area (Å²) in [6.45, 7) is 2.83. The Morgan fingerprint density at radius 3 is 2.85 bits per heavy atom. The minimum absolute atomic E-state index is 0.257. The molecule has 1 aromatic heterocycles. The van der Waals surface area contributed by atoms with Crippen molar-refractivity contribution in [1.29, 1.82) is 0 Å². The highest BCUT2D eigenvalue weighted by molar-refractivity contribution is 5.81. The van der Waals surface area contributed by atoms with Crippen LogP contribution in [0, 0.1) is 17.0 Å². The predicted molar refractivity (Wildman–Crippen MR) is 43.7 cm³/mol. The number of nitrogens with zero attached hydrogens (tertiary/aromatic N) is 3. The molecule has 0 saturated carbocycles. The average molecular weight is 184 g/mol. The van der Waals surface area contributed by atoms with Gasteiger partial charge in [-0.2, -0.15) is 5.43 Å². The van der Waals surface area contributed by atoms with Crippen LogP contribution >= 0.6 is 0 Å². The van der Waals surface area contributed by atoms with Gasteiger partial charge in [-0.15, -0.1) is 4.68 Å². The van der Waals surface area contributed by atoms with Crippen molar-refractivity contribution in [2.24, 2.45) is 0 Å². The van der Waals surface area contributed by atoms with Crippen LogP contribution in [0.2, 0.25) is 0 Å². The van der Waals surface area contributed by atoms with Crippen molar-refractivity contribution in [1.82, 2.24) is 9.66 Å². The van der Waals surface area contributed by atoms with Crippen LogP contribution in [0.4, 0.5) is 5.82 Å². The lowest BCUT2D eigenvalue weighted by Crippen LogP contribution is -2.22. The third kappa shape index (κ3) is 1.81. The maximum absolute atomic E-state index is 10.7. The summed E-state index contributed by atoms with van der Waals surface area (Å²) in [6.07, 6.45) is 1.09. The Morgan fingerprint density at radius 2 is 2.38 bits per heavy atom. The predicted octanol–water partition coefficient (Wildman–Crippen LogP) is 0.190. The second-order valence-corrected chi connectivity index (χ2v) is 2.42. The molecular weight excluding hydrogens is 176 g/mol. The molecule has 0 radical (unpaired) electrons. The highest BCUT2D eigenvalue weighted by Crippen LogP contribution is 2.10. The highest BCUT2D eigenvalue weighted by atomic mass is 16.6. The van der Waals surface area contributed by atoms with E-state index in [1.165, 1.54) is 6.92 Å². The molecule has 13 heavy (non-hydrogen) atoms. The quantitative estimate of drug-likeness (QED) is 0.524. The number of imidazole rings is 1. The summed E-state index contributed by atoms with van der Waals surface area (Å²) in [5.41, 5.74) is 2.28. The maximum atomic E-state index is 10.7. The average Bonchev–Trinajstić information content (AvgIpc) is 2.32. The number of aromatic nitrogens is 2. The van der Waals surface area contributed by atoms with Crippen LogP contribution in [0.3, 0.4) is 0 Å². The van der Waals surface area contributed by atoms with Crippen molar-refractivity contribution in [3.8, 4) is 0 Å². The van der Waals surface area contributed by atoms with Gasteiger partial charge in [-0.1, -0.05) is 0 Å².